The summed E-state index contributed by atoms with van der Waals surface area (Å²) in [5.41, 5.74) is 0.659. The number of hydrogen-bond acceptors (Lipinski definition) is 4. The van der Waals surface area contributed by atoms with Crippen molar-refractivity contribution in [1.29, 1.82) is 0 Å². The number of carbonyl (C=O) groups is 2. The highest BCUT2D eigenvalue weighted by Gasteiger charge is 2.51. The molecule has 154 valence electrons. The summed E-state index contributed by atoms with van der Waals surface area (Å²) in [6.45, 7) is 3.71. The molecule has 7 heteroatoms. The van der Waals surface area contributed by atoms with Crippen LogP contribution >= 0.6 is 0 Å². The smallest absolute Gasteiger partial charge is 0.336 e. The van der Waals surface area contributed by atoms with Crippen LogP contribution in [0.25, 0.3) is 11.0 Å². The fourth-order valence-electron chi connectivity index (χ4n) is 3.94. The van der Waals surface area contributed by atoms with E-state index in [2.05, 4.69) is 5.32 Å². The molecule has 2 aromatic carbocycles. The number of fused-ring (bicyclic) bond motifs is 1. The minimum atomic E-state index is -1.27. The lowest BCUT2D eigenvalue weighted by Gasteiger charge is -2.25. The summed E-state index contributed by atoms with van der Waals surface area (Å²) in [7, 11) is 0. The Labute approximate surface area is 172 Å². The zero-order valence-corrected chi connectivity index (χ0v) is 16.7. The maximum absolute atomic E-state index is 13.4. The first-order chi connectivity index (χ1) is 14.4. The van der Waals surface area contributed by atoms with Crippen LogP contribution in [0.4, 0.5) is 9.18 Å². The molecule has 0 saturated carbocycles. The molecule has 1 atom stereocenters. The topological polar surface area (TPSA) is 79.6 Å². The molecule has 6 nitrogen and oxygen atoms in total. The summed E-state index contributed by atoms with van der Waals surface area (Å²) >= 11 is 0. The minimum Gasteiger partial charge on any atom is -0.423 e. The van der Waals surface area contributed by atoms with Gasteiger partial charge in [0.1, 0.15) is 16.9 Å². The average molecular weight is 408 g/mol. The van der Waals surface area contributed by atoms with Crippen molar-refractivity contribution in [1.82, 2.24) is 10.2 Å². The molecule has 0 spiro atoms. The molecule has 30 heavy (non-hydrogen) atoms. The Hall–Kier alpha value is -3.48. The maximum Gasteiger partial charge on any atom is 0.336 e. The molecule has 1 N–H and O–H groups in total. The van der Waals surface area contributed by atoms with Crippen molar-refractivity contribution < 1.29 is 18.4 Å². The summed E-state index contributed by atoms with van der Waals surface area (Å²) in [6.07, 6.45) is 1.09. The summed E-state index contributed by atoms with van der Waals surface area (Å²) in [4.78, 5) is 39.2. The Morgan fingerprint density at radius 3 is 2.43 bits per heavy atom. The Kier molecular flexibility index (Phi) is 4.89. The van der Waals surface area contributed by atoms with E-state index in [1.807, 2.05) is 19.1 Å². The molecule has 4 rings (SSSR count). The number of hydrogen-bond donors (Lipinski definition) is 1. The van der Waals surface area contributed by atoms with Crippen molar-refractivity contribution in [2.24, 2.45) is 0 Å². The fourth-order valence-corrected chi connectivity index (χ4v) is 3.94. The molecular formula is C23H21FN2O4. The lowest BCUT2D eigenvalue weighted by molar-refractivity contribution is -0.132. The molecule has 3 aromatic rings. The van der Waals surface area contributed by atoms with E-state index >= 15 is 0 Å². The van der Waals surface area contributed by atoms with Gasteiger partial charge in [0.25, 0.3) is 5.91 Å². The van der Waals surface area contributed by atoms with E-state index in [4.69, 9.17) is 4.42 Å². The van der Waals surface area contributed by atoms with Crippen LogP contribution in [0, 0.1) is 5.82 Å². The summed E-state index contributed by atoms with van der Waals surface area (Å²) in [5.74, 6) is -0.860. The highest BCUT2D eigenvalue weighted by atomic mass is 19.1. The van der Waals surface area contributed by atoms with E-state index in [1.54, 1.807) is 13.0 Å². The number of aryl methyl sites for hydroxylation is 1. The third-order valence-corrected chi connectivity index (χ3v) is 5.67. The van der Waals surface area contributed by atoms with E-state index in [0.29, 0.717) is 28.5 Å². The van der Waals surface area contributed by atoms with Crippen LogP contribution in [0.1, 0.15) is 37.0 Å². The number of nitrogens with one attached hydrogen (secondary N) is 1. The Morgan fingerprint density at radius 2 is 1.77 bits per heavy atom. The van der Waals surface area contributed by atoms with Crippen LogP contribution in [0.5, 0.6) is 0 Å². The number of imide groups is 1. The van der Waals surface area contributed by atoms with Crippen LogP contribution in [-0.4, -0.2) is 16.8 Å². The summed E-state index contributed by atoms with van der Waals surface area (Å²) < 4.78 is 18.7. The molecule has 2 heterocycles. The van der Waals surface area contributed by atoms with Gasteiger partial charge in [-0.2, -0.15) is 0 Å². The van der Waals surface area contributed by atoms with Crippen LogP contribution in [0.2, 0.25) is 0 Å². The van der Waals surface area contributed by atoms with Crippen molar-refractivity contribution in [2.75, 3.05) is 0 Å². The van der Waals surface area contributed by atoms with Gasteiger partial charge in [0.2, 0.25) is 0 Å². The Bertz CT molecular complexity index is 1200. The monoisotopic (exact) mass is 408 g/mol. The molecule has 1 fully saturated rings. The zero-order valence-electron chi connectivity index (χ0n) is 16.7. The van der Waals surface area contributed by atoms with Crippen molar-refractivity contribution >= 4 is 22.9 Å². The zero-order chi connectivity index (χ0) is 21.5. The van der Waals surface area contributed by atoms with Gasteiger partial charge in [-0.3, -0.25) is 9.69 Å². The maximum atomic E-state index is 13.4. The van der Waals surface area contributed by atoms with E-state index in [0.717, 1.165) is 16.9 Å². The number of carbonyl (C=O) groups excluding carboxylic acids is 2. The third kappa shape index (κ3) is 3.16. The summed E-state index contributed by atoms with van der Waals surface area (Å²) in [5, 5.41) is 3.44. The quantitative estimate of drug-likeness (QED) is 0.514. The second-order valence-corrected chi connectivity index (χ2v) is 7.36. The molecule has 1 saturated heterocycles. The largest absolute Gasteiger partial charge is 0.423 e. The van der Waals surface area contributed by atoms with Crippen molar-refractivity contribution in [3.05, 3.63) is 81.5 Å². The van der Waals surface area contributed by atoms with Crippen LogP contribution < -0.4 is 10.9 Å². The minimum absolute atomic E-state index is 0.0683. The molecule has 0 aliphatic carbocycles. The number of halogens is 1. The van der Waals surface area contributed by atoms with Crippen LogP contribution in [0.3, 0.4) is 0 Å². The molecule has 1 aliphatic heterocycles. The number of nitrogens with zero attached hydrogens (tertiary/aromatic N) is 1. The third-order valence-electron chi connectivity index (χ3n) is 5.67. The standard InChI is InChI=1S/C23H21FN2O4/c1-3-14-5-10-18-15(12-20(27)30-19(18)11-14)13-26-21(28)23(4-2,25-22(26)29)16-6-8-17(24)9-7-16/h5-12H,3-4,13H2,1-2H3,(H,25,29). The number of urea groups is 1. The lowest BCUT2D eigenvalue weighted by Crippen LogP contribution is -2.43. The van der Waals surface area contributed by atoms with Gasteiger partial charge < -0.3 is 9.73 Å². The predicted octanol–water partition coefficient (Wildman–Crippen LogP) is 3.85. The van der Waals surface area contributed by atoms with Gasteiger partial charge in [0.05, 0.1) is 6.54 Å². The molecule has 1 aliphatic rings. The predicted molar refractivity (Wildman–Crippen MR) is 109 cm³/mol. The van der Waals surface area contributed by atoms with Gasteiger partial charge in [-0.25, -0.2) is 14.0 Å². The van der Waals surface area contributed by atoms with Gasteiger partial charge in [-0.1, -0.05) is 38.1 Å². The summed E-state index contributed by atoms with van der Waals surface area (Å²) in [6, 6.07) is 11.8. The molecule has 3 amide bonds. The first-order valence-corrected chi connectivity index (χ1v) is 9.83. The highest BCUT2D eigenvalue weighted by Crippen LogP contribution is 2.34. The van der Waals surface area contributed by atoms with Crippen LogP contribution in [-0.2, 0) is 23.3 Å². The molecule has 1 unspecified atom stereocenters. The van der Waals surface area contributed by atoms with Crippen molar-refractivity contribution in [3.63, 3.8) is 0 Å². The first kappa shape index (κ1) is 19.8. The normalized spacial score (nSPS) is 18.8. The van der Waals surface area contributed by atoms with Gasteiger partial charge >= 0.3 is 11.7 Å². The van der Waals surface area contributed by atoms with E-state index in [9.17, 15) is 18.8 Å². The van der Waals surface area contributed by atoms with Crippen LogP contribution in [0.15, 0.2) is 57.7 Å². The van der Waals surface area contributed by atoms with Gasteiger partial charge in [0, 0.05) is 11.5 Å². The molecule has 0 radical (unpaired) electrons. The first-order valence-electron chi connectivity index (χ1n) is 9.83. The van der Waals surface area contributed by atoms with E-state index < -0.39 is 28.9 Å². The second kappa shape index (κ2) is 7.40. The number of benzene rings is 2. The number of amides is 3. The van der Waals surface area contributed by atoms with Crippen molar-refractivity contribution in [3.8, 4) is 0 Å². The number of rotatable bonds is 5. The Balaban J connectivity index is 1.74. The van der Waals surface area contributed by atoms with Gasteiger partial charge in [0.15, 0.2) is 0 Å². The molecular weight excluding hydrogens is 387 g/mol. The highest BCUT2D eigenvalue weighted by molar-refractivity contribution is 6.07. The SMILES string of the molecule is CCc1ccc2c(CN3C(=O)NC(CC)(c4ccc(F)cc4)C3=O)cc(=O)oc2c1. The molecule has 1 aromatic heterocycles. The van der Waals surface area contributed by atoms with E-state index in [1.165, 1.54) is 30.3 Å². The fraction of sp³-hybridized carbons (Fsp3) is 0.261. The van der Waals surface area contributed by atoms with Gasteiger partial charge in [-0.15, -0.1) is 0 Å². The Morgan fingerprint density at radius 1 is 1.03 bits per heavy atom. The molecule has 0 bridgehead atoms. The van der Waals surface area contributed by atoms with E-state index in [-0.39, 0.29) is 6.54 Å². The average Bonchev–Trinajstić information content (AvgIpc) is 2.98. The van der Waals surface area contributed by atoms with Crippen molar-refractivity contribution in [2.45, 2.75) is 38.8 Å². The van der Waals surface area contributed by atoms with Gasteiger partial charge in [-0.05, 0) is 47.7 Å². The second-order valence-electron chi connectivity index (χ2n) is 7.36. The lowest BCUT2D eigenvalue weighted by atomic mass is 9.87.